The van der Waals surface area contributed by atoms with Crippen molar-refractivity contribution in [2.75, 3.05) is 11.9 Å². The van der Waals surface area contributed by atoms with E-state index in [0.29, 0.717) is 22.7 Å². The molecule has 2 aromatic carbocycles. The molecule has 6 nitrogen and oxygen atoms in total. The lowest BCUT2D eigenvalue weighted by Gasteiger charge is -2.07. The third-order valence-electron chi connectivity index (χ3n) is 3.60. The van der Waals surface area contributed by atoms with Crippen LogP contribution in [0.5, 0.6) is 0 Å². The second-order valence-electron chi connectivity index (χ2n) is 5.43. The van der Waals surface area contributed by atoms with E-state index in [1.54, 1.807) is 19.1 Å². The van der Waals surface area contributed by atoms with Gasteiger partial charge in [0.1, 0.15) is 17.0 Å². The van der Waals surface area contributed by atoms with Crippen LogP contribution >= 0.6 is 0 Å². The second-order valence-corrected chi connectivity index (χ2v) is 5.43. The number of nitrogens with one attached hydrogen (secondary N) is 2. The highest BCUT2D eigenvalue weighted by atomic mass is 16.5. The smallest absolute Gasteiger partial charge is 0.257 e. The molecular formula is C19H17N3O3. The summed E-state index contributed by atoms with van der Waals surface area (Å²) in [6, 6.07) is 18.3. The minimum atomic E-state index is -0.402. The summed E-state index contributed by atoms with van der Waals surface area (Å²) in [5.74, 6) is -0.310. The van der Waals surface area contributed by atoms with Crippen molar-refractivity contribution >= 4 is 17.5 Å². The molecule has 2 amide bonds. The van der Waals surface area contributed by atoms with E-state index in [2.05, 4.69) is 15.8 Å². The van der Waals surface area contributed by atoms with Crippen molar-refractivity contribution in [2.24, 2.45) is 0 Å². The zero-order valence-corrected chi connectivity index (χ0v) is 13.7. The maximum atomic E-state index is 12.5. The average Bonchev–Trinajstić information content (AvgIpc) is 3.03. The Balaban J connectivity index is 1.68. The van der Waals surface area contributed by atoms with E-state index in [1.807, 2.05) is 48.5 Å². The Morgan fingerprint density at radius 2 is 1.64 bits per heavy atom. The van der Waals surface area contributed by atoms with Crippen molar-refractivity contribution in [3.63, 3.8) is 0 Å². The van der Waals surface area contributed by atoms with E-state index in [4.69, 9.17) is 4.52 Å². The van der Waals surface area contributed by atoms with Gasteiger partial charge in [-0.2, -0.15) is 0 Å². The predicted octanol–water partition coefficient (Wildman–Crippen LogP) is 3.02. The van der Waals surface area contributed by atoms with Gasteiger partial charge in [-0.1, -0.05) is 53.7 Å². The molecule has 1 heterocycles. The lowest BCUT2D eigenvalue weighted by Crippen LogP contribution is -2.33. The standard InChI is InChI=1S/C19H17N3O3/c1-13-17(18(22-25-13)14-8-4-2-5-9-14)19(24)20-12-16(23)21-15-10-6-3-7-11-15/h2-11H,12H2,1H3,(H,20,24)(H,21,23). The monoisotopic (exact) mass is 335 g/mol. The molecule has 0 aliphatic heterocycles. The van der Waals surface area contributed by atoms with Gasteiger partial charge in [-0.05, 0) is 19.1 Å². The van der Waals surface area contributed by atoms with Gasteiger partial charge in [0.25, 0.3) is 5.91 Å². The summed E-state index contributed by atoms with van der Waals surface area (Å²) in [5, 5.41) is 9.28. The summed E-state index contributed by atoms with van der Waals surface area (Å²) in [5.41, 5.74) is 2.24. The summed E-state index contributed by atoms with van der Waals surface area (Å²) >= 11 is 0. The molecule has 0 radical (unpaired) electrons. The van der Waals surface area contributed by atoms with Gasteiger partial charge in [-0.15, -0.1) is 0 Å². The molecule has 0 bridgehead atoms. The molecule has 2 N–H and O–H groups in total. The molecule has 0 saturated carbocycles. The van der Waals surface area contributed by atoms with Crippen molar-refractivity contribution in [1.29, 1.82) is 0 Å². The van der Waals surface area contributed by atoms with Crippen LogP contribution in [-0.2, 0) is 4.79 Å². The molecule has 0 spiro atoms. The summed E-state index contributed by atoms with van der Waals surface area (Å²) in [6.45, 7) is 1.52. The van der Waals surface area contributed by atoms with Crippen molar-refractivity contribution in [1.82, 2.24) is 10.5 Å². The molecule has 0 saturated heterocycles. The number of amides is 2. The Morgan fingerprint density at radius 1 is 1.00 bits per heavy atom. The van der Waals surface area contributed by atoms with Gasteiger partial charge in [0.2, 0.25) is 5.91 Å². The molecule has 3 rings (SSSR count). The van der Waals surface area contributed by atoms with Gasteiger partial charge < -0.3 is 15.2 Å². The van der Waals surface area contributed by atoms with Crippen LogP contribution in [0.4, 0.5) is 5.69 Å². The summed E-state index contributed by atoms with van der Waals surface area (Å²) in [6.07, 6.45) is 0. The molecule has 0 atom stereocenters. The Labute approximate surface area is 144 Å². The molecule has 25 heavy (non-hydrogen) atoms. The van der Waals surface area contributed by atoms with Crippen molar-refractivity contribution < 1.29 is 14.1 Å². The molecule has 0 aliphatic carbocycles. The first kappa shape index (κ1) is 16.4. The lowest BCUT2D eigenvalue weighted by atomic mass is 10.1. The average molecular weight is 335 g/mol. The van der Waals surface area contributed by atoms with Gasteiger partial charge in [0, 0.05) is 11.3 Å². The van der Waals surface area contributed by atoms with E-state index in [-0.39, 0.29) is 12.5 Å². The van der Waals surface area contributed by atoms with Crippen LogP contribution in [0.1, 0.15) is 16.1 Å². The van der Waals surface area contributed by atoms with Crippen LogP contribution in [0.25, 0.3) is 11.3 Å². The number of nitrogens with zero attached hydrogens (tertiary/aromatic N) is 1. The zero-order chi connectivity index (χ0) is 17.6. The quantitative estimate of drug-likeness (QED) is 0.751. The highest BCUT2D eigenvalue weighted by Crippen LogP contribution is 2.24. The molecule has 3 aromatic rings. The maximum absolute atomic E-state index is 12.5. The minimum Gasteiger partial charge on any atom is -0.360 e. The number of anilines is 1. The fourth-order valence-corrected chi connectivity index (χ4v) is 2.41. The second kappa shape index (κ2) is 7.44. The first-order chi connectivity index (χ1) is 12.1. The molecule has 0 fully saturated rings. The molecule has 6 heteroatoms. The van der Waals surface area contributed by atoms with Crippen LogP contribution in [-0.4, -0.2) is 23.5 Å². The molecule has 0 unspecified atom stereocenters. The fraction of sp³-hybridized carbons (Fsp3) is 0.105. The van der Waals surface area contributed by atoms with Crippen LogP contribution in [0, 0.1) is 6.92 Å². The van der Waals surface area contributed by atoms with Crippen LogP contribution in [0.15, 0.2) is 65.2 Å². The molecular weight excluding hydrogens is 318 g/mol. The number of rotatable bonds is 5. The van der Waals surface area contributed by atoms with E-state index in [9.17, 15) is 9.59 Å². The van der Waals surface area contributed by atoms with Crippen molar-refractivity contribution in [2.45, 2.75) is 6.92 Å². The number of carbonyl (C=O) groups excluding carboxylic acids is 2. The maximum Gasteiger partial charge on any atom is 0.257 e. The summed E-state index contributed by atoms with van der Waals surface area (Å²) in [4.78, 5) is 24.4. The van der Waals surface area contributed by atoms with Gasteiger partial charge in [-0.25, -0.2) is 0 Å². The van der Waals surface area contributed by atoms with Crippen LogP contribution in [0.2, 0.25) is 0 Å². The highest BCUT2D eigenvalue weighted by Gasteiger charge is 2.21. The Morgan fingerprint density at radius 3 is 2.32 bits per heavy atom. The van der Waals surface area contributed by atoms with Gasteiger partial charge in [-0.3, -0.25) is 9.59 Å². The van der Waals surface area contributed by atoms with Gasteiger partial charge in [0.15, 0.2) is 0 Å². The van der Waals surface area contributed by atoms with E-state index >= 15 is 0 Å². The largest absolute Gasteiger partial charge is 0.360 e. The van der Waals surface area contributed by atoms with Crippen molar-refractivity contribution in [3.05, 3.63) is 72.0 Å². The third-order valence-corrected chi connectivity index (χ3v) is 3.60. The number of aromatic nitrogens is 1. The third kappa shape index (κ3) is 3.92. The van der Waals surface area contributed by atoms with E-state index in [0.717, 1.165) is 5.56 Å². The number of benzene rings is 2. The van der Waals surface area contributed by atoms with E-state index in [1.165, 1.54) is 0 Å². The number of para-hydroxylation sites is 1. The van der Waals surface area contributed by atoms with Crippen LogP contribution < -0.4 is 10.6 Å². The number of hydrogen-bond acceptors (Lipinski definition) is 4. The van der Waals surface area contributed by atoms with Gasteiger partial charge in [0.05, 0.1) is 6.54 Å². The van der Waals surface area contributed by atoms with Gasteiger partial charge >= 0.3 is 0 Å². The normalized spacial score (nSPS) is 10.3. The molecule has 0 aliphatic rings. The zero-order valence-electron chi connectivity index (χ0n) is 13.7. The first-order valence-electron chi connectivity index (χ1n) is 7.80. The topological polar surface area (TPSA) is 84.2 Å². The first-order valence-corrected chi connectivity index (χ1v) is 7.80. The number of hydrogen-bond donors (Lipinski definition) is 2. The highest BCUT2D eigenvalue weighted by molar-refractivity contribution is 6.03. The number of carbonyl (C=O) groups is 2. The molecule has 126 valence electrons. The molecule has 1 aromatic heterocycles. The SMILES string of the molecule is Cc1onc(-c2ccccc2)c1C(=O)NCC(=O)Nc1ccccc1. The fourth-order valence-electron chi connectivity index (χ4n) is 2.41. The summed E-state index contributed by atoms with van der Waals surface area (Å²) in [7, 11) is 0. The minimum absolute atomic E-state index is 0.146. The Hall–Kier alpha value is -3.41. The predicted molar refractivity (Wildman–Crippen MR) is 94.1 cm³/mol. The van der Waals surface area contributed by atoms with Crippen LogP contribution in [0.3, 0.4) is 0 Å². The lowest BCUT2D eigenvalue weighted by molar-refractivity contribution is -0.115. The van der Waals surface area contributed by atoms with Crippen molar-refractivity contribution in [3.8, 4) is 11.3 Å². The number of aryl methyl sites for hydroxylation is 1. The summed E-state index contributed by atoms with van der Waals surface area (Å²) < 4.78 is 5.16. The Bertz CT molecular complexity index is 873. The van der Waals surface area contributed by atoms with E-state index < -0.39 is 5.91 Å². The Kier molecular flexibility index (Phi) is 4.89.